The van der Waals surface area contributed by atoms with E-state index < -0.39 is 28.0 Å². The van der Waals surface area contributed by atoms with Gasteiger partial charge in [0.15, 0.2) is 6.23 Å². The van der Waals surface area contributed by atoms with Gasteiger partial charge in [0.25, 0.3) is 0 Å². The maximum Gasteiger partial charge on any atom is 0.150 e. The summed E-state index contributed by atoms with van der Waals surface area (Å²) in [6, 6.07) is -0.530. The molecule has 1 aromatic heterocycles. The Morgan fingerprint density at radius 3 is 2.78 bits per heavy atom. The predicted molar refractivity (Wildman–Crippen MR) is 111 cm³/mol. The number of hydrogen-bond donors (Lipinski definition) is 1. The number of rotatable bonds is 4. The Balaban J connectivity index is 2.13. The van der Waals surface area contributed by atoms with Gasteiger partial charge in [-0.2, -0.15) is 5.10 Å². The van der Waals surface area contributed by atoms with Crippen LogP contribution in [0.15, 0.2) is 10.7 Å². The molecule has 3 rings (SSSR count). The van der Waals surface area contributed by atoms with Gasteiger partial charge < -0.3 is 9.29 Å². The number of fused-ring (bicyclic) bond motifs is 1. The summed E-state index contributed by atoms with van der Waals surface area (Å²) in [4.78, 5) is 0. The Morgan fingerprint density at radius 2 is 2.19 bits per heavy atom. The second-order valence-electron chi connectivity index (χ2n) is 7.75. The standard InChI is InChI=1S/C18H24BrClFN3O2S/c1-10(23-27(25)18(2,3)4)13-16(21)15(20)14(19)11-9-22-24(17(11)13)12-7-5-6-8-26-12/h9-10,12,23H,5-8H2,1-4H3/t10-,12-,27-/m0/s1. The van der Waals surface area contributed by atoms with Gasteiger partial charge in [0.2, 0.25) is 0 Å². The first kappa shape index (κ1) is 21.3. The smallest absolute Gasteiger partial charge is 0.150 e. The zero-order valence-electron chi connectivity index (χ0n) is 15.8. The van der Waals surface area contributed by atoms with Crippen molar-refractivity contribution >= 4 is 49.8 Å². The normalized spacial score (nSPS) is 20.8. The molecule has 150 valence electrons. The molecule has 0 bridgehead atoms. The highest BCUT2D eigenvalue weighted by Gasteiger charge is 2.33. The Kier molecular flexibility index (Phi) is 6.45. The molecule has 0 amide bonds. The van der Waals surface area contributed by atoms with Crippen LogP contribution in [0.2, 0.25) is 5.02 Å². The molecule has 2 aromatic rings. The number of hydrogen-bond acceptors (Lipinski definition) is 4. The second-order valence-corrected chi connectivity index (χ2v) is 10.9. The van der Waals surface area contributed by atoms with Crippen molar-refractivity contribution in [1.29, 1.82) is 0 Å². The fourth-order valence-electron chi connectivity index (χ4n) is 3.15. The van der Waals surface area contributed by atoms with Crippen LogP contribution in [0.3, 0.4) is 0 Å². The molecule has 5 nitrogen and oxygen atoms in total. The molecule has 27 heavy (non-hydrogen) atoms. The topological polar surface area (TPSA) is 62.1 Å². The summed E-state index contributed by atoms with van der Waals surface area (Å²) >= 11 is 8.26. The summed E-state index contributed by atoms with van der Waals surface area (Å²) in [5, 5.41) is 5.17. The predicted octanol–water partition coefficient (Wildman–Crippen LogP) is 5.40. The van der Waals surface area contributed by atoms with Crippen LogP contribution in [0.25, 0.3) is 10.9 Å². The molecule has 1 aliphatic rings. The number of nitrogens with zero attached hydrogens (tertiary/aromatic N) is 2. The van der Waals surface area contributed by atoms with E-state index in [9.17, 15) is 4.55 Å². The van der Waals surface area contributed by atoms with Gasteiger partial charge in [0, 0.05) is 28.9 Å². The highest BCUT2D eigenvalue weighted by molar-refractivity contribution is 9.10. The quantitative estimate of drug-likeness (QED) is 0.470. The van der Waals surface area contributed by atoms with Crippen molar-refractivity contribution < 1.29 is 13.7 Å². The van der Waals surface area contributed by atoms with Crippen LogP contribution >= 0.6 is 27.5 Å². The van der Waals surface area contributed by atoms with E-state index in [2.05, 4.69) is 25.8 Å². The van der Waals surface area contributed by atoms with Crippen molar-refractivity contribution in [3.05, 3.63) is 27.1 Å². The fraction of sp³-hybridized carbons (Fsp3) is 0.611. The summed E-state index contributed by atoms with van der Waals surface area (Å²) in [7, 11) is 0. The van der Waals surface area contributed by atoms with E-state index in [4.69, 9.17) is 16.3 Å². The van der Waals surface area contributed by atoms with Gasteiger partial charge in [-0.15, -0.1) is 4.72 Å². The number of ether oxygens (including phenoxy) is 1. The summed E-state index contributed by atoms with van der Waals surface area (Å²) in [5.74, 6) is -0.542. The SMILES string of the molecule is C[C@H](N[S@@+]([O-])C(C)(C)C)c1c(F)c(Cl)c(Br)c2cnn([C@@H]3CCCCO3)c12. The lowest BCUT2D eigenvalue weighted by atomic mass is 10.0. The van der Waals surface area contributed by atoms with Gasteiger partial charge in [0.1, 0.15) is 10.6 Å². The Morgan fingerprint density at radius 1 is 1.48 bits per heavy atom. The third kappa shape index (κ3) is 4.16. The third-order valence-corrected chi connectivity index (χ3v) is 7.70. The Bertz CT molecular complexity index is 836. The van der Waals surface area contributed by atoms with E-state index in [1.807, 2.05) is 20.8 Å². The molecule has 1 saturated heterocycles. The maximum atomic E-state index is 15.2. The summed E-state index contributed by atoms with van der Waals surface area (Å²) < 4.78 is 38.4. The van der Waals surface area contributed by atoms with Crippen molar-refractivity contribution in [2.75, 3.05) is 6.61 Å². The zero-order valence-corrected chi connectivity index (χ0v) is 19.0. The number of halogens is 3. The molecule has 2 heterocycles. The van der Waals surface area contributed by atoms with Crippen molar-refractivity contribution in [3.8, 4) is 0 Å². The van der Waals surface area contributed by atoms with Crippen LogP contribution in [0.5, 0.6) is 0 Å². The van der Waals surface area contributed by atoms with Crippen LogP contribution in [0.4, 0.5) is 4.39 Å². The zero-order chi connectivity index (χ0) is 19.9. The maximum absolute atomic E-state index is 15.2. The van der Waals surface area contributed by atoms with Gasteiger partial charge in [0.05, 0.1) is 27.3 Å². The average Bonchev–Trinajstić information content (AvgIpc) is 3.04. The molecular formula is C18H24BrClFN3O2S. The van der Waals surface area contributed by atoms with Crippen LogP contribution in [0.1, 0.15) is 64.8 Å². The van der Waals surface area contributed by atoms with Crippen molar-refractivity contribution in [3.63, 3.8) is 0 Å². The van der Waals surface area contributed by atoms with Gasteiger partial charge in [-0.25, -0.2) is 9.07 Å². The Labute approximate surface area is 175 Å². The highest BCUT2D eigenvalue weighted by atomic mass is 79.9. The van der Waals surface area contributed by atoms with Gasteiger partial charge >= 0.3 is 0 Å². The number of aromatic nitrogens is 2. The van der Waals surface area contributed by atoms with Gasteiger partial charge in [-0.05, 0) is 62.9 Å². The van der Waals surface area contributed by atoms with E-state index in [0.717, 1.165) is 19.3 Å². The van der Waals surface area contributed by atoms with Crippen LogP contribution in [-0.2, 0) is 16.1 Å². The first-order chi connectivity index (χ1) is 12.6. The molecule has 9 heteroatoms. The molecule has 0 aliphatic carbocycles. The molecule has 0 saturated carbocycles. The third-order valence-electron chi connectivity index (χ3n) is 4.61. The number of nitrogens with one attached hydrogen (secondary N) is 1. The summed E-state index contributed by atoms with van der Waals surface area (Å²) in [6.45, 7) is 8.03. The van der Waals surface area contributed by atoms with Gasteiger partial charge in [-0.1, -0.05) is 11.6 Å². The molecular weight excluding hydrogens is 457 g/mol. The minimum atomic E-state index is -1.36. The largest absolute Gasteiger partial charge is 0.598 e. The molecule has 3 atom stereocenters. The minimum Gasteiger partial charge on any atom is -0.598 e. The fourth-order valence-corrected chi connectivity index (χ4v) is 4.61. The van der Waals surface area contributed by atoms with E-state index in [0.29, 0.717) is 27.5 Å². The van der Waals surface area contributed by atoms with Crippen molar-refractivity contribution in [1.82, 2.24) is 14.5 Å². The number of benzene rings is 1. The first-order valence-corrected chi connectivity index (χ1v) is 11.3. The molecule has 0 radical (unpaired) electrons. The van der Waals surface area contributed by atoms with E-state index in [1.54, 1.807) is 17.8 Å². The van der Waals surface area contributed by atoms with Gasteiger partial charge in [-0.3, -0.25) is 0 Å². The van der Waals surface area contributed by atoms with Crippen LogP contribution < -0.4 is 4.72 Å². The molecule has 0 spiro atoms. The van der Waals surface area contributed by atoms with Crippen molar-refractivity contribution in [2.45, 2.75) is 64.0 Å². The Hall–Kier alpha value is -0.380. The molecule has 1 N–H and O–H groups in total. The molecule has 1 aliphatic heterocycles. The second kappa shape index (κ2) is 8.16. The van der Waals surface area contributed by atoms with Crippen LogP contribution in [-0.4, -0.2) is 25.7 Å². The lowest BCUT2D eigenvalue weighted by molar-refractivity contribution is -0.0367. The van der Waals surface area contributed by atoms with Crippen molar-refractivity contribution in [2.24, 2.45) is 0 Å². The monoisotopic (exact) mass is 479 g/mol. The summed E-state index contributed by atoms with van der Waals surface area (Å²) in [6.07, 6.45) is 4.27. The lowest BCUT2D eigenvalue weighted by Crippen LogP contribution is -2.40. The molecule has 1 fully saturated rings. The average molecular weight is 481 g/mol. The lowest BCUT2D eigenvalue weighted by Gasteiger charge is -2.28. The van der Waals surface area contributed by atoms with E-state index >= 15 is 4.39 Å². The first-order valence-electron chi connectivity index (χ1n) is 8.96. The summed E-state index contributed by atoms with van der Waals surface area (Å²) in [5.41, 5.74) is 0.962. The van der Waals surface area contributed by atoms with E-state index in [-0.39, 0.29) is 11.3 Å². The highest BCUT2D eigenvalue weighted by Crippen LogP contribution is 2.41. The molecule has 0 unspecified atom stereocenters. The van der Waals surface area contributed by atoms with Crippen LogP contribution in [0, 0.1) is 5.82 Å². The minimum absolute atomic E-state index is 0.00296. The van der Waals surface area contributed by atoms with E-state index in [1.165, 1.54) is 0 Å². The molecule has 1 aromatic carbocycles.